The van der Waals surface area contributed by atoms with E-state index in [4.69, 9.17) is 5.73 Å². The molecule has 0 amide bonds. The third kappa shape index (κ3) is 2.51. The molecule has 1 aliphatic rings. The minimum Gasteiger partial charge on any atom is -0.383 e. The molecule has 0 bridgehead atoms. The van der Waals surface area contributed by atoms with Crippen molar-refractivity contribution in [3.05, 3.63) is 20.8 Å². The highest BCUT2D eigenvalue weighted by Crippen LogP contribution is 2.34. The lowest BCUT2D eigenvalue weighted by molar-refractivity contribution is 0.640. The van der Waals surface area contributed by atoms with E-state index in [-0.39, 0.29) is 11.9 Å². The quantitative estimate of drug-likeness (QED) is 0.701. The Balaban J connectivity index is 2.22. The van der Waals surface area contributed by atoms with E-state index >= 15 is 0 Å². The number of nitrogens with one attached hydrogen (secondary N) is 2. The summed E-state index contributed by atoms with van der Waals surface area (Å²) in [6.45, 7) is 2.02. The second-order valence-electron chi connectivity index (χ2n) is 4.80. The largest absolute Gasteiger partial charge is 0.383 e. The van der Waals surface area contributed by atoms with Gasteiger partial charge in [0.2, 0.25) is 0 Å². The molecule has 1 aromatic rings. The molecule has 1 atom stereocenters. The van der Waals surface area contributed by atoms with E-state index in [0.717, 1.165) is 12.3 Å². The van der Waals surface area contributed by atoms with Gasteiger partial charge in [-0.15, -0.1) is 0 Å². The Morgan fingerprint density at radius 1 is 1.53 bits per heavy atom. The predicted molar refractivity (Wildman–Crippen MR) is 67.1 cm³/mol. The number of aromatic nitrogens is 2. The number of nitrogen functional groups attached to an aromatic ring is 1. The molecule has 17 heavy (non-hydrogen) atoms. The number of nitrogens with two attached hydrogens (primary N) is 1. The Labute approximate surface area is 98.8 Å². The van der Waals surface area contributed by atoms with Crippen molar-refractivity contribution < 1.29 is 0 Å². The molecule has 6 heteroatoms. The summed E-state index contributed by atoms with van der Waals surface area (Å²) < 4.78 is 1.23. The minimum atomic E-state index is -0.493. The first-order chi connectivity index (χ1) is 7.99. The number of aromatic amines is 1. The van der Waals surface area contributed by atoms with Crippen molar-refractivity contribution in [1.82, 2.24) is 9.55 Å². The van der Waals surface area contributed by atoms with E-state index in [2.05, 4.69) is 10.3 Å². The Hall–Kier alpha value is -1.72. The molecule has 1 saturated carbocycles. The van der Waals surface area contributed by atoms with Crippen LogP contribution in [-0.4, -0.2) is 15.6 Å². The average molecular weight is 238 g/mol. The van der Waals surface area contributed by atoms with Gasteiger partial charge in [-0.2, -0.15) is 0 Å². The molecule has 0 aromatic carbocycles. The van der Waals surface area contributed by atoms with Crippen molar-refractivity contribution >= 4 is 11.5 Å². The van der Waals surface area contributed by atoms with Crippen molar-refractivity contribution in [2.24, 2.45) is 13.0 Å². The zero-order valence-electron chi connectivity index (χ0n) is 10.1. The van der Waals surface area contributed by atoms with Gasteiger partial charge in [0.15, 0.2) is 0 Å². The Morgan fingerprint density at radius 2 is 2.18 bits per heavy atom. The van der Waals surface area contributed by atoms with Crippen LogP contribution in [0.3, 0.4) is 0 Å². The Kier molecular flexibility index (Phi) is 2.95. The van der Waals surface area contributed by atoms with Crippen molar-refractivity contribution in [1.29, 1.82) is 0 Å². The van der Waals surface area contributed by atoms with Crippen LogP contribution in [0.15, 0.2) is 9.59 Å². The zero-order valence-corrected chi connectivity index (χ0v) is 10.1. The predicted octanol–water partition coefficient (Wildman–Crippen LogP) is 0.256. The molecule has 94 valence electrons. The van der Waals surface area contributed by atoms with E-state index < -0.39 is 11.2 Å². The molecule has 0 saturated heterocycles. The number of H-pyrrole nitrogens is 1. The summed E-state index contributed by atoms with van der Waals surface area (Å²) in [6.07, 6.45) is 3.57. The summed E-state index contributed by atoms with van der Waals surface area (Å²) in [5.41, 5.74) is 5.11. The Bertz CT molecular complexity index is 527. The monoisotopic (exact) mass is 238 g/mol. The van der Waals surface area contributed by atoms with Gasteiger partial charge in [-0.25, -0.2) is 4.79 Å². The second kappa shape index (κ2) is 4.27. The summed E-state index contributed by atoms with van der Waals surface area (Å²) in [7, 11) is 1.53. The van der Waals surface area contributed by atoms with E-state index in [9.17, 15) is 9.59 Å². The molecular formula is C11H18N4O2. The van der Waals surface area contributed by atoms with Crippen LogP contribution in [0.2, 0.25) is 0 Å². The van der Waals surface area contributed by atoms with E-state index in [1.54, 1.807) is 0 Å². The molecule has 1 heterocycles. The fourth-order valence-corrected chi connectivity index (χ4v) is 1.94. The molecule has 1 aromatic heterocycles. The van der Waals surface area contributed by atoms with Crippen LogP contribution in [0.25, 0.3) is 0 Å². The SMILES string of the molecule is CC(CC1CC1)Nc1c(N)n(C)c(=O)[nH]c1=O. The van der Waals surface area contributed by atoms with Crippen LogP contribution in [0.4, 0.5) is 11.5 Å². The first-order valence-corrected chi connectivity index (χ1v) is 5.84. The normalized spacial score (nSPS) is 16.8. The van der Waals surface area contributed by atoms with Crippen LogP contribution in [0.5, 0.6) is 0 Å². The molecule has 1 unspecified atom stereocenters. The standard InChI is InChI=1S/C11H18N4O2/c1-6(5-7-3-4-7)13-8-9(12)15(2)11(17)14-10(8)16/h6-7,13H,3-5,12H2,1-2H3,(H,14,16,17). The molecular weight excluding hydrogens is 220 g/mol. The molecule has 1 aliphatic carbocycles. The lowest BCUT2D eigenvalue weighted by Gasteiger charge is -2.16. The Morgan fingerprint density at radius 3 is 2.76 bits per heavy atom. The van der Waals surface area contributed by atoms with Crippen LogP contribution in [0.1, 0.15) is 26.2 Å². The number of anilines is 2. The van der Waals surface area contributed by atoms with Crippen LogP contribution in [-0.2, 0) is 7.05 Å². The van der Waals surface area contributed by atoms with Crippen LogP contribution >= 0.6 is 0 Å². The van der Waals surface area contributed by atoms with Gasteiger partial charge in [0.1, 0.15) is 11.5 Å². The van der Waals surface area contributed by atoms with Gasteiger partial charge < -0.3 is 11.1 Å². The molecule has 4 N–H and O–H groups in total. The smallest absolute Gasteiger partial charge is 0.329 e. The maximum absolute atomic E-state index is 11.6. The van der Waals surface area contributed by atoms with Gasteiger partial charge in [-0.3, -0.25) is 14.3 Å². The van der Waals surface area contributed by atoms with Crippen molar-refractivity contribution in [2.45, 2.75) is 32.2 Å². The molecule has 2 rings (SSSR count). The van der Waals surface area contributed by atoms with Gasteiger partial charge in [-0.1, -0.05) is 12.8 Å². The van der Waals surface area contributed by atoms with Crippen LogP contribution in [0, 0.1) is 5.92 Å². The lowest BCUT2D eigenvalue weighted by Crippen LogP contribution is -2.34. The number of hydrogen-bond donors (Lipinski definition) is 3. The first-order valence-electron chi connectivity index (χ1n) is 5.84. The summed E-state index contributed by atoms with van der Waals surface area (Å²) >= 11 is 0. The van der Waals surface area contributed by atoms with Gasteiger partial charge >= 0.3 is 5.69 Å². The van der Waals surface area contributed by atoms with Gasteiger partial charge in [0, 0.05) is 13.1 Å². The third-order valence-electron chi connectivity index (χ3n) is 3.14. The maximum atomic E-state index is 11.6. The van der Waals surface area contributed by atoms with Crippen molar-refractivity contribution in [2.75, 3.05) is 11.1 Å². The fraction of sp³-hybridized carbons (Fsp3) is 0.636. The highest BCUT2D eigenvalue weighted by Gasteiger charge is 2.24. The zero-order chi connectivity index (χ0) is 12.6. The molecule has 1 fully saturated rings. The number of hydrogen-bond acceptors (Lipinski definition) is 4. The lowest BCUT2D eigenvalue weighted by atomic mass is 10.1. The van der Waals surface area contributed by atoms with Gasteiger partial charge in [0.25, 0.3) is 5.56 Å². The van der Waals surface area contributed by atoms with Crippen LogP contribution < -0.4 is 22.3 Å². The summed E-state index contributed by atoms with van der Waals surface area (Å²) in [4.78, 5) is 25.2. The molecule has 0 spiro atoms. The van der Waals surface area contributed by atoms with E-state index in [1.807, 2.05) is 6.92 Å². The first kappa shape index (κ1) is 11.8. The van der Waals surface area contributed by atoms with Gasteiger partial charge in [0.05, 0.1) is 0 Å². The number of nitrogens with zero attached hydrogens (tertiary/aromatic N) is 1. The molecule has 6 nitrogen and oxygen atoms in total. The molecule has 0 radical (unpaired) electrons. The van der Waals surface area contributed by atoms with Crippen molar-refractivity contribution in [3.8, 4) is 0 Å². The van der Waals surface area contributed by atoms with E-state index in [0.29, 0.717) is 5.69 Å². The molecule has 0 aliphatic heterocycles. The van der Waals surface area contributed by atoms with Crippen molar-refractivity contribution in [3.63, 3.8) is 0 Å². The summed E-state index contributed by atoms with van der Waals surface area (Å²) in [5.74, 6) is 0.951. The second-order valence-corrected chi connectivity index (χ2v) is 4.80. The number of rotatable bonds is 4. The topological polar surface area (TPSA) is 92.9 Å². The average Bonchev–Trinajstić information content (AvgIpc) is 3.05. The van der Waals surface area contributed by atoms with E-state index in [1.165, 1.54) is 24.5 Å². The fourth-order valence-electron chi connectivity index (χ4n) is 1.94. The third-order valence-corrected chi connectivity index (χ3v) is 3.14. The highest BCUT2D eigenvalue weighted by atomic mass is 16.2. The maximum Gasteiger partial charge on any atom is 0.329 e. The van der Waals surface area contributed by atoms with Gasteiger partial charge in [-0.05, 0) is 19.3 Å². The summed E-state index contributed by atoms with van der Waals surface area (Å²) in [6, 6.07) is 0.184. The minimum absolute atomic E-state index is 0.182. The highest BCUT2D eigenvalue weighted by molar-refractivity contribution is 5.60. The summed E-state index contributed by atoms with van der Waals surface area (Å²) in [5, 5.41) is 3.09.